The van der Waals surface area contributed by atoms with E-state index < -0.39 is 6.10 Å². The molecule has 1 aromatic heterocycles. The van der Waals surface area contributed by atoms with Crippen LogP contribution in [0.25, 0.3) is 0 Å². The van der Waals surface area contributed by atoms with Crippen molar-refractivity contribution in [2.75, 3.05) is 13.1 Å². The normalized spacial score (nSPS) is 12.4. The summed E-state index contributed by atoms with van der Waals surface area (Å²) >= 11 is 0. The van der Waals surface area contributed by atoms with Crippen LogP contribution in [0.1, 0.15) is 30.3 Å². The van der Waals surface area contributed by atoms with Crippen LogP contribution in [0.4, 0.5) is 0 Å². The molecule has 0 aliphatic heterocycles. The Morgan fingerprint density at radius 3 is 3.12 bits per heavy atom. The maximum atomic E-state index is 11.6. The van der Waals surface area contributed by atoms with Crippen LogP contribution in [0.3, 0.4) is 0 Å². The molecule has 6 heteroatoms. The highest BCUT2D eigenvalue weighted by atomic mass is 16.3. The van der Waals surface area contributed by atoms with Crippen LogP contribution in [0.15, 0.2) is 12.5 Å². The first kappa shape index (κ1) is 13.7. The maximum absolute atomic E-state index is 11.6. The van der Waals surface area contributed by atoms with Crippen molar-refractivity contribution in [2.24, 2.45) is 5.73 Å². The summed E-state index contributed by atoms with van der Waals surface area (Å²) in [6, 6.07) is 0. The molecule has 96 valence electrons. The standard InChI is InChI=1S/C11H20N4O2/c1-2-3-9(16)6-13-11(17)10-7-15(5-4-12)8-14-10/h7-9,16H,2-6,12H2,1H3,(H,13,17). The number of nitrogens with two attached hydrogens (primary N) is 1. The molecule has 0 radical (unpaired) electrons. The molecule has 1 aromatic rings. The van der Waals surface area contributed by atoms with Gasteiger partial charge in [0.15, 0.2) is 0 Å². The van der Waals surface area contributed by atoms with Gasteiger partial charge in [0, 0.05) is 25.8 Å². The Labute approximate surface area is 101 Å². The zero-order valence-corrected chi connectivity index (χ0v) is 10.1. The number of imidazole rings is 1. The van der Waals surface area contributed by atoms with E-state index in [0.29, 0.717) is 25.2 Å². The zero-order valence-electron chi connectivity index (χ0n) is 10.1. The van der Waals surface area contributed by atoms with Crippen LogP contribution in [-0.4, -0.2) is 39.8 Å². The summed E-state index contributed by atoms with van der Waals surface area (Å²) in [5, 5.41) is 12.1. The topological polar surface area (TPSA) is 93.2 Å². The van der Waals surface area contributed by atoms with Crippen molar-refractivity contribution in [3.05, 3.63) is 18.2 Å². The van der Waals surface area contributed by atoms with Crippen LogP contribution in [0.2, 0.25) is 0 Å². The van der Waals surface area contributed by atoms with E-state index in [2.05, 4.69) is 10.3 Å². The minimum absolute atomic E-state index is 0.260. The lowest BCUT2D eigenvalue weighted by Gasteiger charge is -2.09. The Kier molecular flexibility index (Phi) is 5.65. The van der Waals surface area contributed by atoms with Crippen LogP contribution in [0.5, 0.6) is 0 Å². The molecule has 0 aliphatic carbocycles. The minimum atomic E-state index is -0.491. The van der Waals surface area contributed by atoms with E-state index in [1.165, 1.54) is 0 Å². The molecule has 0 fully saturated rings. The Hall–Kier alpha value is -1.40. The fraction of sp³-hybridized carbons (Fsp3) is 0.636. The smallest absolute Gasteiger partial charge is 0.271 e. The Morgan fingerprint density at radius 2 is 2.47 bits per heavy atom. The second kappa shape index (κ2) is 7.03. The molecule has 17 heavy (non-hydrogen) atoms. The molecule has 6 nitrogen and oxygen atoms in total. The largest absolute Gasteiger partial charge is 0.391 e. The van der Waals surface area contributed by atoms with E-state index in [1.54, 1.807) is 17.1 Å². The van der Waals surface area contributed by atoms with Gasteiger partial charge in [-0.05, 0) is 6.42 Å². The predicted octanol–water partition coefficient (Wildman–Crippen LogP) is -0.267. The van der Waals surface area contributed by atoms with Gasteiger partial charge in [-0.25, -0.2) is 4.98 Å². The average molecular weight is 240 g/mol. The van der Waals surface area contributed by atoms with Crippen molar-refractivity contribution in [3.8, 4) is 0 Å². The van der Waals surface area contributed by atoms with E-state index in [0.717, 1.165) is 6.42 Å². The van der Waals surface area contributed by atoms with E-state index >= 15 is 0 Å². The number of carbonyl (C=O) groups excluding carboxylic acids is 1. The second-order valence-electron chi connectivity index (χ2n) is 3.94. The van der Waals surface area contributed by atoms with E-state index in [1.807, 2.05) is 6.92 Å². The van der Waals surface area contributed by atoms with Gasteiger partial charge < -0.3 is 20.7 Å². The van der Waals surface area contributed by atoms with Crippen LogP contribution in [-0.2, 0) is 6.54 Å². The second-order valence-corrected chi connectivity index (χ2v) is 3.94. The third-order valence-corrected chi connectivity index (χ3v) is 2.37. The number of carbonyl (C=O) groups is 1. The predicted molar refractivity (Wildman–Crippen MR) is 64.5 cm³/mol. The van der Waals surface area contributed by atoms with Gasteiger partial charge in [0.05, 0.1) is 12.4 Å². The molecular weight excluding hydrogens is 220 g/mol. The molecule has 1 amide bonds. The molecule has 0 saturated heterocycles. The van der Waals surface area contributed by atoms with Gasteiger partial charge in [0.25, 0.3) is 5.91 Å². The number of nitrogens with zero attached hydrogens (tertiary/aromatic N) is 2. The zero-order chi connectivity index (χ0) is 12.7. The fourth-order valence-electron chi connectivity index (χ4n) is 1.49. The minimum Gasteiger partial charge on any atom is -0.391 e. The summed E-state index contributed by atoms with van der Waals surface area (Å²) in [5.41, 5.74) is 5.74. The summed E-state index contributed by atoms with van der Waals surface area (Å²) in [5.74, 6) is -0.268. The molecule has 0 aliphatic rings. The average Bonchev–Trinajstić information content (AvgIpc) is 2.75. The monoisotopic (exact) mass is 240 g/mol. The number of rotatable bonds is 7. The number of hydrogen-bond acceptors (Lipinski definition) is 4. The van der Waals surface area contributed by atoms with Crippen molar-refractivity contribution in [2.45, 2.75) is 32.4 Å². The first-order chi connectivity index (χ1) is 8.17. The summed E-state index contributed by atoms with van der Waals surface area (Å²) in [7, 11) is 0. The SMILES string of the molecule is CCCC(O)CNC(=O)c1cn(CCN)cn1. The highest BCUT2D eigenvalue weighted by molar-refractivity contribution is 5.92. The summed E-state index contributed by atoms with van der Waals surface area (Å²) in [4.78, 5) is 15.6. The van der Waals surface area contributed by atoms with Gasteiger partial charge in [-0.2, -0.15) is 0 Å². The lowest BCUT2D eigenvalue weighted by Crippen LogP contribution is -2.32. The molecule has 0 spiro atoms. The van der Waals surface area contributed by atoms with Gasteiger partial charge in [0.1, 0.15) is 5.69 Å². The first-order valence-corrected chi connectivity index (χ1v) is 5.85. The summed E-state index contributed by atoms with van der Waals surface area (Å²) in [6.07, 6.45) is 4.30. The van der Waals surface area contributed by atoms with E-state index in [-0.39, 0.29) is 12.5 Å². The van der Waals surface area contributed by atoms with Crippen molar-refractivity contribution in [1.29, 1.82) is 0 Å². The quantitative estimate of drug-likeness (QED) is 0.611. The fourth-order valence-corrected chi connectivity index (χ4v) is 1.49. The first-order valence-electron chi connectivity index (χ1n) is 5.85. The summed E-state index contributed by atoms with van der Waals surface area (Å²) in [6.45, 7) is 3.39. The molecule has 1 heterocycles. The van der Waals surface area contributed by atoms with Crippen molar-refractivity contribution in [1.82, 2.24) is 14.9 Å². The molecule has 4 N–H and O–H groups in total. The molecule has 0 aromatic carbocycles. The lowest BCUT2D eigenvalue weighted by atomic mass is 10.2. The highest BCUT2D eigenvalue weighted by Gasteiger charge is 2.10. The van der Waals surface area contributed by atoms with Crippen LogP contribution < -0.4 is 11.1 Å². The van der Waals surface area contributed by atoms with Crippen LogP contribution in [0, 0.1) is 0 Å². The maximum Gasteiger partial charge on any atom is 0.271 e. The van der Waals surface area contributed by atoms with Crippen molar-refractivity contribution in [3.63, 3.8) is 0 Å². The molecule has 1 rings (SSSR count). The Morgan fingerprint density at radius 1 is 1.71 bits per heavy atom. The number of aliphatic hydroxyl groups is 1. The third kappa shape index (κ3) is 4.54. The van der Waals surface area contributed by atoms with Crippen molar-refractivity contribution < 1.29 is 9.90 Å². The number of amides is 1. The van der Waals surface area contributed by atoms with Gasteiger partial charge in [-0.3, -0.25) is 4.79 Å². The highest BCUT2D eigenvalue weighted by Crippen LogP contribution is 1.98. The van der Waals surface area contributed by atoms with Gasteiger partial charge >= 0.3 is 0 Å². The number of aromatic nitrogens is 2. The van der Waals surface area contributed by atoms with E-state index in [9.17, 15) is 9.90 Å². The van der Waals surface area contributed by atoms with Gasteiger partial charge in [-0.1, -0.05) is 13.3 Å². The summed E-state index contributed by atoms with van der Waals surface area (Å²) < 4.78 is 1.76. The van der Waals surface area contributed by atoms with E-state index in [4.69, 9.17) is 5.73 Å². The van der Waals surface area contributed by atoms with Crippen molar-refractivity contribution >= 4 is 5.91 Å². The Balaban J connectivity index is 2.40. The van der Waals surface area contributed by atoms with Gasteiger partial charge in [0.2, 0.25) is 0 Å². The third-order valence-electron chi connectivity index (χ3n) is 2.37. The van der Waals surface area contributed by atoms with Crippen LogP contribution >= 0.6 is 0 Å². The number of nitrogens with one attached hydrogen (secondary N) is 1. The molecule has 1 unspecified atom stereocenters. The Bertz CT molecular complexity index is 351. The molecule has 1 atom stereocenters. The molecule has 0 saturated carbocycles. The lowest BCUT2D eigenvalue weighted by molar-refractivity contribution is 0.0905. The molecular formula is C11H20N4O2. The van der Waals surface area contributed by atoms with Gasteiger partial charge in [-0.15, -0.1) is 0 Å². The number of aliphatic hydroxyl groups excluding tert-OH is 1. The number of hydrogen-bond donors (Lipinski definition) is 3. The molecule has 0 bridgehead atoms.